The van der Waals surface area contributed by atoms with E-state index < -0.39 is 15.6 Å². The van der Waals surface area contributed by atoms with Crippen LogP contribution < -0.4 is 0 Å². The molecule has 4 nitrogen and oxygen atoms in total. The summed E-state index contributed by atoms with van der Waals surface area (Å²) in [6.45, 7) is 4.50. The van der Waals surface area contributed by atoms with Gasteiger partial charge < -0.3 is 0 Å². The Balaban J connectivity index is -0.000000219. The van der Waals surface area contributed by atoms with Crippen LogP contribution in [0.25, 0.3) is 0 Å². The smallest absolute Gasteiger partial charge is 0.0312 e. The molecule has 0 aromatic rings. The van der Waals surface area contributed by atoms with Gasteiger partial charge in [0.15, 0.2) is 0 Å². The van der Waals surface area contributed by atoms with Gasteiger partial charge in [-0.05, 0) is 64.2 Å². The molecule has 0 aliphatic heterocycles. The maximum Gasteiger partial charge on any atom is 2.00 e. The van der Waals surface area contributed by atoms with E-state index in [9.17, 15) is 13.2 Å². The third-order valence-corrected chi connectivity index (χ3v) is 1.99. The van der Waals surface area contributed by atoms with Gasteiger partial charge in [0.05, 0.1) is 0 Å². The number of halogens is 3. The molecular weight excluding hydrogens is 400 g/mol. The SMILES string of the molecule is O=S(=O)(O)C(F)(F)F.[C-]#[O+].[CH]1[CH][CH][CH][CH]1.[CH]1[CH][CH][CH][CH]1.[Rh+2]. The monoisotopic (exact) mass is 411 g/mol. The van der Waals surface area contributed by atoms with Crippen molar-refractivity contribution in [1.82, 2.24) is 0 Å². The van der Waals surface area contributed by atoms with E-state index in [1.54, 1.807) is 0 Å². The zero-order chi connectivity index (χ0) is 16.1. The zero-order valence-corrected chi connectivity index (χ0v) is 12.8. The molecule has 0 aromatic heterocycles. The Morgan fingerprint density at radius 3 is 0.905 bits per heavy atom. The van der Waals surface area contributed by atoms with Gasteiger partial charge in [-0.15, -0.1) is 0 Å². The summed E-state index contributed by atoms with van der Waals surface area (Å²) in [5.41, 5.74) is -5.53. The Labute approximate surface area is 137 Å². The Bertz CT molecular complexity index is 309. The van der Waals surface area contributed by atoms with Gasteiger partial charge in [0.25, 0.3) is 0 Å². The molecule has 0 aromatic carbocycles. The van der Waals surface area contributed by atoms with Crippen molar-refractivity contribution >= 4 is 10.1 Å². The summed E-state index contributed by atoms with van der Waals surface area (Å²) in [5.74, 6) is 0. The molecule has 2 fully saturated rings. The fourth-order valence-corrected chi connectivity index (χ4v) is 0.642. The second-order valence-electron chi connectivity index (χ2n) is 2.85. The van der Waals surface area contributed by atoms with Crippen molar-refractivity contribution in [2.45, 2.75) is 5.51 Å². The van der Waals surface area contributed by atoms with Crippen LogP contribution in [0.4, 0.5) is 13.2 Å². The second kappa shape index (κ2) is 15.0. The minimum absolute atomic E-state index is 0. The minimum Gasteiger partial charge on any atom is -0.0312 e. The largest absolute Gasteiger partial charge is 2.00 e. The maximum atomic E-state index is 10.7. The van der Waals surface area contributed by atoms with Gasteiger partial charge in [-0.3, -0.25) is 4.55 Å². The third kappa shape index (κ3) is 18.0. The van der Waals surface area contributed by atoms with E-state index in [1.807, 2.05) is 64.2 Å². The van der Waals surface area contributed by atoms with Crippen LogP contribution in [-0.4, -0.2) is 18.5 Å². The topological polar surface area (TPSA) is 74.3 Å². The Morgan fingerprint density at radius 1 is 0.762 bits per heavy atom. The average molecular weight is 411 g/mol. The van der Waals surface area contributed by atoms with Gasteiger partial charge in [-0.1, -0.05) is 0 Å². The predicted octanol–water partition coefficient (Wildman–Crippen LogP) is 2.40. The summed E-state index contributed by atoms with van der Waals surface area (Å²) in [5, 5.41) is 0. The predicted molar refractivity (Wildman–Crippen MR) is 64.5 cm³/mol. The summed E-state index contributed by atoms with van der Waals surface area (Å²) in [6.07, 6.45) is 20.0. The van der Waals surface area contributed by atoms with E-state index >= 15 is 0 Å². The standard InChI is InChI=1S/2C5H5.CHF3O3S.CO.Rh/c2*1-2-4-5-3-1;2-1(3,4)8(5,6)7;1-2;/h2*1-5H;(H,5,6,7);;/q;;;;+2. The molecule has 11 radical (unpaired) electrons. The Hall–Kier alpha value is 0.0634. The zero-order valence-electron chi connectivity index (χ0n) is 10.3. The molecule has 2 aliphatic carbocycles. The van der Waals surface area contributed by atoms with Crippen molar-refractivity contribution in [3.63, 3.8) is 0 Å². The molecule has 0 atom stereocenters. The Morgan fingerprint density at radius 2 is 0.857 bits per heavy atom. The van der Waals surface area contributed by atoms with Crippen LogP contribution in [0.5, 0.6) is 0 Å². The molecule has 0 heterocycles. The van der Waals surface area contributed by atoms with Crippen molar-refractivity contribution < 1.29 is 50.3 Å². The van der Waals surface area contributed by atoms with Crippen LogP contribution >= 0.6 is 0 Å². The summed E-state index contributed by atoms with van der Waals surface area (Å²) in [7, 11) is -5.84. The molecule has 0 saturated heterocycles. The van der Waals surface area contributed by atoms with Crippen molar-refractivity contribution in [3.8, 4) is 0 Å². The summed E-state index contributed by atoms with van der Waals surface area (Å²) >= 11 is 0. The molecule has 2 rings (SSSR count). The number of alkyl halides is 3. The molecule has 0 unspecified atom stereocenters. The molecular formula is C12H11F3O4RhS+2. The van der Waals surface area contributed by atoms with E-state index in [0.717, 1.165) is 0 Å². The average Bonchev–Trinajstić information content (AvgIpc) is 3.08. The maximum absolute atomic E-state index is 10.7. The molecule has 0 spiro atoms. The molecule has 2 saturated carbocycles. The van der Waals surface area contributed by atoms with Gasteiger partial charge in [0.2, 0.25) is 0 Å². The summed E-state index contributed by atoms with van der Waals surface area (Å²) in [4.78, 5) is 0. The van der Waals surface area contributed by atoms with Crippen molar-refractivity contribution in [3.05, 3.63) is 70.9 Å². The minimum atomic E-state index is -5.84. The third-order valence-electron chi connectivity index (χ3n) is 1.40. The van der Waals surface area contributed by atoms with Crippen LogP contribution in [0.3, 0.4) is 0 Å². The number of hydrogen-bond acceptors (Lipinski definition) is 2. The Kier molecular flexibility index (Phi) is 18.5. The fourth-order valence-electron chi connectivity index (χ4n) is 0.642. The summed E-state index contributed by atoms with van der Waals surface area (Å²) < 4.78 is 65.0. The first-order valence-electron chi connectivity index (χ1n) is 4.82. The normalized spacial score (nSPS) is 16.9. The molecule has 9 heteroatoms. The van der Waals surface area contributed by atoms with E-state index in [0.29, 0.717) is 0 Å². The number of hydrogen-bond donors (Lipinski definition) is 1. The first-order chi connectivity index (χ1) is 9.25. The van der Waals surface area contributed by atoms with Gasteiger partial charge in [0.1, 0.15) is 0 Å². The molecule has 2 aliphatic rings. The quantitative estimate of drug-likeness (QED) is 0.219. The first-order valence-corrected chi connectivity index (χ1v) is 6.26. The van der Waals surface area contributed by atoms with E-state index in [-0.39, 0.29) is 19.5 Å². The molecule has 21 heavy (non-hydrogen) atoms. The van der Waals surface area contributed by atoms with E-state index in [4.69, 9.17) is 17.6 Å². The molecule has 1 N–H and O–H groups in total. The van der Waals surface area contributed by atoms with Gasteiger partial charge in [0, 0.05) is 0 Å². The second-order valence-corrected chi connectivity index (χ2v) is 4.26. The molecule has 0 amide bonds. The first kappa shape index (κ1) is 26.0. The van der Waals surface area contributed by atoms with Crippen LogP contribution in [0, 0.1) is 70.9 Å². The van der Waals surface area contributed by atoms with Crippen LogP contribution in [-0.2, 0) is 34.2 Å². The van der Waals surface area contributed by atoms with Crippen molar-refractivity contribution in [1.29, 1.82) is 0 Å². The van der Waals surface area contributed by atoms with Crippen molar-refractivity contribution in [2.24, 2.45) is 0 Å². The summed E-state index contributed by atoms with van der Waals surface area (Å²) in [6, 6.07) is 0. The van der Waals surface area contributed by atoms with Crippen molar-refractivity contribution in [2.75, 3.05) is 0 Å². The van der Waals surface area contributed by atoms with Gasteiger partial charge >= 0.3 is 46.4 Å². The van der Waals surface area contributed by atoms with E-state index in [2.05, 4.69) is 6.65 Å². The van der Waals surface area contributed by atoms with Crippen LogP contribution in [0.2, 0.25) is 0 Å². The number of rotatable bonds is 0. The van der Waals surface area contributed by atoms with Gasteiger partial charge in [-0.2, -0.15) is 21.6 Å². The van der Waals surface area contributed by atoms with Crippen LogP contribution in [0.1, 0.15) is 0 Å². The molecule has 0 bridgehead atoms. The van der Waals surface area contributed by atoms with Crippen LogP contribution in [0.15, 0.2) is 0 Å². The molecule has 117 valence electrons. The van der Waals surface area contributed by atoms with E-state index in [1.165, 1.54) is 0 Å². The fraction of sp³-hybridized carbons (Fsp3) is 0.0833. The van der Waals surface area contributed by atoms with Gasteiger partial charge in [-0.25, -0.2) is 0 Å².